The first-order valence-electron chi connectivity index (χ1n) is 5.94. The summed E-state index contributed by atoms with van der Waals surface area (Å²) in [6, 6.07) is -0.542. The Balaban J connectivity index is 2.61. The minimum atomic E-state index is -0.542. The van der Waals surface area contributed by atoms with Crippen molar-refractivity contribution in [1.29, 1.82) is 0 Å². The molecule has 4 nitrogen and oxygen atoms in total. The molecule has 0 aliphatic carbocycles. The Morgan fingerprint density at radius 3 is 2.56 bits per heavy atom. The predicted octanol–water partition coefficient (Wildman–Crippen LogP) is 1.05. The van der Waals surface area contributed by atoms with Crippen molar-refractivity contribution in [2.24, 2.45) is 11.1 Å². The highest BCUT2D eigenvalue weighted by atomic mass is 16.6. The highest BCUT2D eigenvalue weighted by Crippen LogP contribution is 2.29. The fourth-order valence-electron chi connectivity index (χ4n) is 1.99. The molecule has 0 aromatic heterocycles. The lowest BCUT2D eigenvalue weighted by Crippen LogP contribution is -2.54. The molecule has 1 aliphatic heterocycles. The van der Waals surface area contributed by atoms with Gasteiger partial charge >= 0.3 is 5.97 Å². The normalized spacial score (nSPS) is 28.6. The van der Waals surface area contributed by atoms with E-state index in [1.165, 1.54) is 0 Å². The molecule has 0 unspecified atom stereocenters. The third-order valence-corrected chi connectivity index (χ3v) is 3.04. The topological polar surface area (TPSA) is 64.3 Å². The first kappa shape index (κ1) is 13.5. The van der Waals surface area contributed by atoms with Crippen LogP contribution in [0.25, 0.3) is 0 Å². The van der Waals surface area contributed by atoms with Gasteiger partial charge in [-0.3, -0.25) is 4.79 Å². The van der Waals surface area contributed by atoms with E-state index in [9.17, 15) is 4.79 Å². The van der Waals surface area contributed by atoms with Crippen LogP contribution in [0.5, 0.6) is 0 Å². The van der Waals surface area contributed by atoms with Gasteiger partial charge in [-0.05, 0) is 40.2 Å². The smallest absolute Gasteiger partial charge is 0.324 e. The molecular weight excluding hydrogens is 204 g/mol. The third kappa shape index (κ3) is 3.46. The summed E-state index contributed by atoms with van der Waals surface area (Å²) in [6.07, 6.45) is 2.04. The van der Waals surface area contributed by atoms with Crippen molar-refractivity contribution in [2.75, 3.05) is 13.1 Å². The number of esters is 1. The zero-order chi connectivity index (χ0) is 12.4. The molecule has 0 amide bonds. The zero-order valence-corrected chi connectivity index (χ0v) is 10.8. The maximum absolute atomic E-state index is 11.9. The molecule has 1 saturated heterocycles. The van der Waals surface area contributed by atoms with Gasteiger partial charge in [-0.15, -0.1) is 0 Å². The van der Waals surface area contributed by atoms with E-state index in [1.807, 2.05) is 27.7 Å². The predicted molar refractivity (Wildman–Crippen MR) is 64.0 cm³/mol. The number of nitrogens with two attached hydrogens (primary N) is 1. The van der Waals surface area contributed by atoms with E-state index in [4.69, 9.17) is 10.5 Å². The van der Waals surface area contributed by atoms with Crippen LogP contribution < -0.4 is 11.1 Å². The minimum absolute atomic E-state index is 0.180. The van der Waals surface area contributed by atoms with Crippen LogP contribution in [0.3, 0.4) is 0 Å². The molecule has 1 rings (SSSR count). The summed E-state index contributed by atoms with van der Waals surface area (Å²) in [5.41, 5.74) is 5.37. The van der Waals surface area contributed by atoms with Crippen molar-refractivity contribution in [3.63, 3.8) is 0 Å². The van der Waals surface area contributed by atoms with Crippen LogP contribution in [0.1, 0.15) is 40.5 Å². The second-order valence-electron chi connectivity index (χ2n) is 5.95. The van der Waals surface area contributed by atoms with Gasteiger partial charge in [0.25, 0.3) is 0 Å². The molecular formula is C12H24N2O2. The number of rotatable bonds is 2. The summed E-state index contributed by atoms with van der Waals surface area (Å²) < 4.78 is 5.33. The number of ether oxygens (including phenoxy) is 1. The maximum Gasteiger partial charge on any atom is 0.324 e. The molecule has 0 bridgehead atoms. The third-order valence-electron chi connectivity index (χ3n) is 3.04. The van der Waals surface area contributed by atoms with Gasteiger partial charge in [-0.25, -0.2) is 0 Å². The Morgan fingerprint density at radius 2 is 2.12 bits per heavy atom. The van der Waals surface area contributed by atoms with E-state index >= 15 is 0 Å². The van der Waals surface area contributed by atoms with Crippen molar-refractivity contribution >= 4 is 5.97 Å². The molecule has 0 aromatic carbocycles. The van der Waals surface area contributed by atoms with Gasteiger partial charge in [0, 0.05) is 12.0 Å². The molecule has 3 N–H and O–H groups in total. The highest BCUT2D eigenvalue weighted by Gasteiger charge is 2.39. The summed E-state index contributed by atoms with van der Waals surface area (Å²) in [6.45, 7) is 9.43. The molecule has 0 radical (unpaired) electrons. The maximum atomic E-state index is 11.9. The zero-order valence-electron chi connectivity index (χ0n) is 10.8. The van der Waals surface area contributed by atoms with Gasteiger partial charge in [0.15, 0.2) is 0 Å². The molecule has 0 spiro atoms. The van der Waals surface area contributed by atoms with Gasteiger partial charge in [0.1, 0.15) is 11.6 Å². The van der Waals surface area contributed by atoms with Crippen LogP contribution in [0.15, 0.2) is 0 Å². The van der Waals surface area contributed by atoms with Crippen molar-refractivity contribution in [2.45, 2.75) is 52.2 Å². The Hall–Kier alpha value is -0.610. The lowest BCUT2D eigenvalue weighted by Gasteiger charge is -2.38. The standard InChI is InChI=1S/C12H24N2O2/c1-11(2,3)16-10(15)9(13)12(4)6-5-7-14-8-12/h9,14H,5-8,13H2,1-4H3/t9-,12-/m0/s1. The van der Waals surface area contributed by atoms with E-state index < -0.39 is 11.6 Å². The Bertz CT molecular complexity index is 252. The summed E-state index contributed by atoms with van der Waals surface area (Å²) in [5, 5.41) is 3.29. The van der Waals surface area contributed by atoms with E-state index in [2.05, 4.69) is 5.32 Å². The quantitative estimate of drug-likeness (QED) is 0.693. The van der Waals surface area contributed by atoms with Crippen LogP contribution >= 0.6 is 0 Å². The molecule has 94 valence electrons. The van der Waals surface area contributed by atoms with E-state index in [0.29, 0.717) is 0 Å². The Morgan fingerprint density at radius 1 is 1.50 bits per heavy atom. The van der Waals surface area contributed by atoms with Gasteiger partial charge in [0.2, 0.25) is 0 Å². The van der Waals surface area contributed by atoms with Gasteiger partial charge < -0.3 is 15.8 Å². The van der Waals surface area contributed by atoms with Crippen LogP contribution in [-0.2, 0) is 9.53 Å². The lowest BCUT2D eigenvalue weighted by atomic mass is 9.76. The molecule has 0 saturated carbocycles. The summed E-state index contributed by atoms with van der Waals surface area (Å²) in [4.78, 5) is 11.9. The second-order valence-corrected chi connectivity index (χ2v) is 5.95. The van der Waals surface area contributed by atoms with E-state index in [1.54, 1.807) is 0 Å². The van der Waals surface area contributed by atoms with Crippen LogP contribution in [0, 0.1) is 5.41 Å². The van der Waals surface area contributed by atoms with E-state index in [-0.39, 0.29) is 11.4 Å². The molecule has 16 heavy (non-hydrogen) atoms. The monoisotopic (exact) mass is 228 g/mol. The minimum Gasteiger partial charge on any atom is -0.459 e. The summed E-state index contributed by atoms with van der Waals surface area (Å²) in [5.74, 6) is -0.293. The highest BCUT2D eigenvalue weighted by molar-refractivity contribution is 5.77. The first-order chi connectivity index (χ1) is 7.25. The largest absolute Gasteiger partial charge is 0.459 e. The number of nitrogens with one attached hydrogen (secondary N) is 1. The number of hydrogen-bond acceptors (Lipinski definition) is 4. The molecule has 4 heteroatoms. The van der Waals surface area contributed by atoms with E-state index in [0.717, 1.165) is 25.9 Å². The number of piperidine rings is 1. The number of carbonyl (C=O) groups is 1. The lowest BCUT2D eigenvalue weighted by molar-refractivity contribution is -0.160. The number of carbonyl (C=O) groups excluding carboxylic acids is 1. The summed E-state index contributed by atoms with van der Waals surface area (Å²) in [7, 11) is 0. The van der Waals surface area contributed by atoms with Crippen molar-refractivity contribution in [1.82, 2.24) is 5.32 Å². The molecule has 1 aliphatic rings. The second kappa shape index (κ2) is 4.72. The van der Waals surface area contributed by atoms with Gasteiger partial charge in [-0.2, -0.15) is 0 Å². The average Bonchev–Trinajstić information content (AvgIpc) is 2.15. The van der Waals surface area contributed by atoms with Crippen LogP contribution in [0.2, 0.25) is 0 Å². The molecule has 2 atom stereocenters. The van der Waals surface area contributed by atoms with Gasteiger partial charge in [-0.1, -0.05) is 6.92 Å². The Kier molecular flexibility index (Phi) is 3.97. The van der Waals surface area contributed by atoms with Gasteiger partial charge in [0.05, 0.1) is 0 Å². The average molecular weight is 228 g/mol. The fourth-order valence-corrected chi connectivity index (χ4v) is 1.99. The van der Waals surface area contributed by atoms with Crippen LogP contribution in [0.4, 0.5) is 0 Å². The number of hydrogen-bond donors (Lipinski definition) is 2. The molecule has 1 fully saturated rings. The molecule has 0 aromatic rings. The van der Waals surface area contributed by atoms with Crippen molar-refractivity contribution in [3.05, 3.63) is 0 Å². The Labute approximate surface area is 97.9 Å². The van der Waals surface area contributed by atoms with Crippen molar-refractivity contribution < 1.29 is 9.53 Å². The van der Waals surface area contributed by atoms with Crippen molar-refractivity contribution in [3.8, 4) is 0 Å². The molecule has 1 heterocycles. The summed E-state index contributed by atoms with van der Waals surface area (Å²) >= 11 is 0. The fraction of sp³-hybridized carbons (Fsp3) is 0.917. The van der Waals surface area contributed by atoms with Crippen LogP contribution in [-0.4, -0.2) is 30.7 Å². The SMILES string of the molecule is CC(C)(C)OC(=O)[C@H](N)[C@@]1(C)CCCNC1. The first-order valence-corrected chi connectivity index (χ1v) is 5.94.